The SMILES string of the molecule is [2H]c1nc(N2C([2H])([2H])C([2H])([2H])C([2H])([2H])C([2H])(C([2H])([2H])[2H])C2([2H])[2H])c([2H])c([2H])c1B1OC(C)(C)C(C)(C)O1. The summed E-state index contributed by atoms with van der Waals surface area (Å²) in [5, 5.41) is 0. The average Bonchev–Trinajstić information content (AvgIpc) is 2.89. The Morgan fingerprint density at radius 3 is 2.82 bits per heavy atom. The number of anilines is 1. The number of pyridine rings is 1. The fraction of sp³-hybridized carbons (Fsp3) is 0.706. The predicted molar refractivity (Wildman–Crippen MR) is 90.6 cm³/mol. The minimum atomic E-state index is -3.94. The largest absolute Gasteiger partial charge is 0.496 e. The summed E-state index contributed by atoms with van der Waals surface area (Å²) in [5.41, 5.74) is -2.17. The zero-order valence-corrected chi connectivity index (χ0v) is 12.8. The first-order valence-electron chi connectivity index (χ1n) is 14.3. The van der Waals surface area contributed by atoms with Crippen LogP contribution in [0, 0.1) is 5.89 Å². The van der Waals surface area contributed by atoms with Crippen LogP contribution in [0.15, 0.2) is 18.3 Å². The van der Waals surface area contributed by atoms with Crippen LogP contribution in [0.25, 0.3) is 0 Å². The van der Waals surface area contributed by atoms with Gasteiger partial charge in [-0.05, 0) is 52.4 Å². The highest BCUT2D eigenvalue weighted by Gasteiger charge is 2.51. The summed E-state index contributed by atoms with van der Waals surface area (Å²) in [6, 6.07) is -1.83. The molecule has 4 nitrogen and oxygen atoms in total. The summed E-state index contributed by atoms with van der Waals surface area (Å²) in [6.45, 7) is -4.65. The van der Waals surface area contributed by atoms with Crippen LogP contribution in [0.2, 0.25) is 0 Å². The molecule has 0 N–H and O–H groups in total. The summed E-state index contributed by atoms with van der Waals surface area (Å²) >= 11 is 0. The standard InChI is InChI=1S/C17H27BN2O2/c1-13-7-6-10-20(12-13)15-9-8-14(11-19-15)18-21-16(2,3)17(4,5)22-18/h8-9,11,13H,6-7,10,12H2,1-5H3/i1D3,6D2,7D2,8D,9D,10D2,11D,12D2,13D. The Hall–Kier alpha value is -1.07. The average molecular weight is 317 g/mol. The molecule has 5 heteroatoms. The highest BCUT2D eigenvalue weighted by atomic mass is 16.7. The Morgan fingerprint density at radius 1 is 1.41 bits per heavy atom. The molecule has 0 aromatic carbocycles. The second kappa shape index (κ2) is 5.53. The maximum atomic E-state index is 8.48. The third-order valence-corrected chi connectivity index (χ3v) is 3.87. The van der Waals surface area contributed by atoms with E-state index in [9.17, 15) is 0 Å². The van der Waals surface area contributed by atoms with Crippen LogP contribution in [-0.4, -0.2) is 36.3 Å². The summed E-state index contributed by atoms with van der Waals surface area (Å²) in [4.78, 5) is 3.50. The fourth-order valence-corrected chi connectivity index (χ4v) is 1.89. The second-order valence-corrected chi connectivity index (χ2v) is 5.98. The molecule has 3 heterocycles. The van der Waals surface area contributed by atoms with Crippen molar-refractivity contribution >= 4 is 18.4 Å². The quantitative estimate of drug-likeness (QED) is 0.786. The topological polar surface area (TPSA) is 34.6 Å². The molecule has 2 aliphatic heterocycles. The van der Waals surface area contributed by atoms with Gasteiger partial charge in [0, 0.05) is 41.1 Å². The van der Waals surface area contributed by atoms with Crippen LogP contribution >= 0.6 is 0 Å². The van der Waals surface area contributed by atoms with Crippen LogP contribution in [0.1, 0.15) is 67.9 Å². The molecule has 0 radical (unpaired) electrons. The first-order valence-corrected chi connectivity index (χ1v) is 6.79. The van der Waals surface area contributed by atoms with Crippen LogP contribution in [-0.2, 0) is 9.31 Å². The van der Waals surface area contributed by atoms with E-state index in [4.69, 9.17) is 29.9 Å². The lowest BCUT2D eigenvalue weighted by Gasteiger charge is -2.32. The molecule has 3 rings (SSSR count). The van der Waals surface area contributed by atoms with Gasteiger partial charge in [0.25, 0.3) is 0 Å². The number of piperidine rings is 1. The molecule has 2 fully saturated rings. The van der Waals surface area contributed by atoms with E-state index in [1.54, 1.807) is 27.7 Å². The van der Waals surface area contributed by atoms with E-state index in [2.05, 4.69) is 4.98 Å². The van der Waals surface area contributed by atoms with Gasteiger partial charge in [0.2, 0.25) is 0 Å². The molecule has 1 aromatic rings. The van der Waals surface area contributed by atoms with Gasteiger partial charge >= 0.3 is 7.12 Å². The molecule has 0 bridgehead atoms. The van der Waals surface area contributed by atoms with Crippen molar-refractivity contribution in [2.24, 2.45) is 5.89 Å². The third-order valence-electron chi connectivity index (χ3n) is 3.87. The summed E-state index contributed by atoms with van der Waals surface area (Å²) in [7, 11) is -1.36. The molecule has 1 aromatic heterocycles. The van der Waals surface area contributed by atoms with Gasteiger partial charge in [-0.1, -0.05) is 12.9 Å². The normalized spacial score (nSPS) is 50.3. The van der Waals surface area contributed by atoms with Crippen molar-refractivity contribution in [2.45, 2.75) is 58.5 Å². The van der Waals surface area contributed by atoms with E-state index in [0.717, 1.165) is 0 Å². The van der Waals surface area contributed by atoms with Crippen molar-refractivity contribution < 1.29 is 29.9 Å². The van der Waals surface area contributed by atoms with Gasteiger partial charge in [0.1, 0.15) is 5.82 Å². The maximum absolute atomic E-state index is 8.48. The Morgan fingerprint density at radius 2 is 2.14 bits per heavy atom. The van der Waals surface area contributed by atoms with Crippen LogP contribution in [0.5, 0.6) is 0 Å². The lowest BCUT2D eigenvalue weighted by molar-refractivity contribution is 0.00578. The van der Waals surface area contributed by atoms with Crippen molar-refractivity contribution in [3.05, 3.63) is 18.3 Å². The molecule has 1 unspecified atom stereocenters. The van der Waals surface area contributed by atoms with Crippen LogP contribution in [0.4, 0.5) is 5.82 Å². The Bertz CT molecular complexity index is 1110. The van der Waals surface area contributed by atoms with Crippen molar-refractivity contribution in [1.29, 1.82) is 0 Å². The first-order chi connectivity index (χ1) is 16.1. The van der Waals surface area contributed by atoms with E-state index >= 15 is 0 Å². The van der Waals surface area contributed by atoms with Gasteiger partial charge in [-0.25, -0.2) is 4.98 Å². The van der Waals surface area contributed by atoms with Crippen molar-refractivity contribution in [3.63, 3.8) is 0 Å². The van der Waals surface area contributed by atoms with Gasteiger partial charge in [-0.2, -0.15) is 0 Å². The fourth-order valence-electron chi connectivity index (χ4n) is 1.89. The molecule has 120 valence electrons. The Kier molecular flexibility index (Phi) is 1.45. The number of hydrogen-bond donors (Lipinski definition) is 0. The van der Waals surface area contributed by atoms with Gasteiger partial charge in [-0.3, -0.25) is 0 Å². The van der Waals surface area contributed by atoms with Crippen LogP contribution in [0.3, 0.4) is 0 Å². The van der Waals surface area contributed by atoms with Gasteiger partial charge in [0.05, 0.1) is 15.3 Å². The number of hydrogen-bond acceptors (Lipinski definition) is 4. The second-order valence-electron chi connectivity index (χ2n) is 5.98. The van der Waals surface area contributed by atoms with E-state index in [-0.39, 0.29) is 10.4 Å². The monoisotopic (exact) mass is 317 g/mol. The Labute approximate surface area is 155 Å². The van der Waals surface area contributed by atoms with E-state index in [1.807, 2.05) is 0 Å². The minimum Gasteiger partial charge on any atom is -0.399 e. The van der Waals surface area contributed by atoms with E-state index in [0.29, 0.717) is 0 Å². The van der Waals surface area contributed by atoms with Gasteiger partial charge in [-0.15, -0.1) is 0 Å². The number of nitrogens with zero attached hydrogens (tertiary/aromatic N) is 2. The molecule has 0 amide bonds. The highest BCUT2D eigenvalue weighted by molar-refractivity contribution is 6.62. The van der Waals surface area contributed by atoms with Gasteiger partial charge < -0.3 is 14.2 Å². The molecule has 1 atom stereocenters. The molecule has 0 spiro atoms. The molecule has 2 saturated heterocycles. The summed E-state index contributed by atoms with van der Waals surface area (Å²) in [6.07, 6.45) is -8.59. The molecule has 0 saturated carbocycles. The molecule has 2 aliphatic rings. The Balaban J connectivity index is 2.33. The minimum absolute atomic E-state index is 0.243. The molecule has 22 heavy (non-hydrogen) atoms. The zero-order chi connectivity index (χ0) is 29.2. The van der Waals surface area contributed by atoms with Crippen molar-refractivity contribution in [2.75, 3.05) is 17.9 Å². The smallest absolute Gasteiger partial charge is 0.399 e. The lowest BCUT2D eigenvalue weighted by Crippen LogP contribution is -2.41. The van der Waals surface area contributed by atoms with Crippen molar-refractivity contribution in [3.8, 4) is 0 Å². The molecular weight excluding hydrogens is 275 g/mol. The summed E-state index contributed by atoms with van der Waals surface area (Å²) in [5.74, 6) is -5.09. The number of rotatable bonds is 2. The highest BCUT2D eigenvalue weighted by Crippen LogP contribution is 2.36. The van der Waals surface area contributed by atoms with Crippen LogP contribution < -0.4 is 10.4 Å². The zero-order valence-electron chi connectivity index (χ0n) is 27.8. The predicted octanol–water partition coefficient (Wildman–Crippen LogP) is 2.62. The third kappa shape index (κ3) is 2.89. The molecule has 0 aliphatic carbocycles. The van der Waals surface area contributed by atoms with Crippen molar-refractivity contribution in [1.82, 2.24) is 4.98 Å². The van der Waals surface area contributed by atoms with E-state index < -0.39 is 80.9 Å². The molecular formula is C17H27BN2O2. The van der Waals surface area contributed by atoms with Gasteiger partial charge in [0.15, 0.2) is 0 Å². The number of aromatic nitrogens is 1. The lowest BCUT2D eigenvalue weighted by atomic mass is 9.80. The van der Waals surface area contributed by atoms with E-state index in [1.165, 1.54) is 0 Å². The maximum Gasteiger partial charge on any atom is 0.496 e. The summed E-state index contributed by atoms with van der Waals surface area (Å²) < 4.78 is 135. The first kappa shape index (κ1) is 5.78.